The highest BCUT2D eigenvalue weighted by Crippen LogP contribution is 2.40. The number of nitrogens with two attached hydrogens (primary N) is 1. The third-order valence-corrected chi connectivity index (χ3v) is 5.43. The van der Waals surface area contributed by atoms with Crippen LogP contribution in [0.15, 0.2) is 30.3 Å². The second kappa shape index (κ2) is 7.44. The van der Waals surface area contributed by atoms with Crippen LogP contribution in [0.25, 0.3) is 0 Å². The molecule has 25 heavy (non-hydrogen) atoms. The molecule has 2 heterocycles. The topological polar surface area (TPSA) is 75.9 Å². The number of likely N-dealkylation sites (tertiary alicyclic amines) is 2. The summed E-state index contributed by atoms with van der Waals surface area (Å²) in [7, 11) is 0. The van der Waals surface area contributed by atoms with Crippen molar-refractivity contribution in [3.05, 3.63) is 35.9 Å². The van der Waals surface area contributed by atoms with Gasteiger partial charge in [-0.2, -0.15) is 0 Å². The molecule has 2 aliphatic rings. The molecule has 2 aliphatic heterocycles. The number of ether oxygens (including phenoxy) is 1. The summed E-state index contributed by atoms with van der Waals surface area (Å²) in [6.07, 6.45) is 2.59. The van der Waals surface area contributed by atoms with Crippen molar-refractivity contribution in [3.63, 3.8) is 0 Å². The van der Waals surface area contributed by atoms with Crippen molar-refractivity contribution in [2.45, 2.75) is 38.8 Å². The standard InChI is InChI=1S/C19H27N3O3/c1-15(20)17(23)21-10-7-19(8-11-21)9-12-22(14-19)18(24)25-13-16-5-3-2-4-6-16/h2-6,15H,7-14,20H2,1H3/t15-/m1/s1. The van der Waals surface area contributed by atoms with Crippen molar-refractivity contribution in [1.82, 2.24) is 9.80 Å². The number of amides is 2. The monoisotopic (exact) mass is 345 g/mol. The van der Waals surface area contributed by atoms with E-state index in [1.807, 2.05) is 40.1 Å². The van der Waals surface area contributed by atoms with Crippen molar-refractivity contribution in [1.29, 1.82) is 0 Å². The fraction of sp³-hybridized carbons (Fsp3) is 0.579. The fourth-order valence-electron chi connectivity index (χ4n) is 3.80. The molecule has 2 saturated heterocycles. The zero-order valence-corrected chi connectivity index (χ0v) is 14.8. The number of carbonyl (C=O) groups excluding carboxylic acids is 2. The van der Waals surface area contributed by atoms with Crippen LogP contribution in [0.3, 0.4) is 0 Å². The second-order valence-corrected chi connectivity index (χ2v) is 7.33. The van der Waals surface area contributed by atoms with Crippen LogP contribution in [-0.4, -0.2) is 54.0 Å². The zero-order chi connectivity index (χ0) is 17.9. The fourth-order valence-corrected chi connectivity index (χ4v) is 3.80. The summed E-state index contributed by atoms with van der Waals surface area (Å²) in [6.45, 7) is 4.95. The maximum absolute atomic E-state index is 12.3. The van der Waals surface area contributed by atoms with Gasteiger partial charge in [0.1, 0.15) is 6.61 Å². The number of piperidine rings is 1. The normalized spacial score (nSPS) is 20.6. The van der Waals surface area contributed by atoms with Crippen LogP contribution in [0.1, 0.15) is 31.7 Å². The average molecular weight is 345 g/mol. The zero-order valence-electron chi connectivity index (χ0n) is 14.8. The van der Waals surface area contributed by atoms with Gasteiger partial charge in [-0.25, -0.2) is 4.79 Å². The van der Waals surface area contributed by atoms with E-state index in [1.54, 1.807) is 6.92 Å². The summed E-state index contributed by atoms with van der Waals surface area (Å²) in [5, 5.41) is 0. The molecule has 2 fully saturated rings. The lowest BCUT2D eigenvalue weighted by atomic mass is 9.77. The van der Waals surface area contributed by atoms with E-state index in [9.17, 15) is 9.59 Å². The van der Waals surface area contributed by atoms with Gasteiger partial charge in [0.15, 0.2) is 0 Å². The lowest BCUT2D eigenvalue weighted by Crippen LogP contribution is -2.49. The van der Waals surface area contributed by atoms with Gasteiger partial charge in [0.2, 0.25) is 5.91 Å². The smallest absolute Gasteiger partial charge is 0.410 e. The maximum atomic E-state index is 12.3. The van der Waals surface area contributed by atoms with Gasteiger partial charge in [0, 0.05) is 26.2 Å². The summed E-state index contributed by atoms with van der Waals surface area (Å²) in [5.41, 5.74) is 6.81. The molecule has 1 aromatic carbocycles. The quantitative estimate of drug-likeness (QED) is 0.909. The number of carbonyl (C=O) groups is 2. The molecular weight excluding hydrogens is 318 g/mol. The molecule has 3 rings (SSSR count). The van der Waals surface area contributed by atoms with Crippen LogP contribution < -0.4 is 5.73 Å². The van der Waals surface area contributed by atoms with Crippen LogP contribution in [0, 0.1) is 5.41 Å². The molecule has 0 bridgehead atoms. The Hall–Kier alpha value is -2.08. The van der Waals surface area contributed by atoms with Crippen LogP contribution in [0.2, 0.25) is 0 Å². The molecule has 0 aromatic heterocycles. The Balaban J connectivity index is 1.48. The van der Waals surface area contributed by atoms with Crippen LogP contribution >= 0.6 is 0 Å². The molecule has 6 heteroatoms. The predicted octanol–water partition coefficient (Wildman–Crippen LogP) is 1.98. The van der Waals surface area contributed by atoms with E-state index < -0.39 is 6.04 Å². The van der Waals surface area contributed by atoms with Crippen molar-refractivity contribution >= 4 is 12.0 Å². The van der Waals surface area contributed by atoms with E-state index in [4.69, 9.17) is 10.5 Å². The Bertz CT molecular complexity index is 610. The highest BCUT2D eigenvalue weighted by Gasteiger charge is 2.43. The van der Waals surface area contributed by atoms with Crippen molar-refractivity contribution in [2.75, 3.05) is 26.2 Å². The lowest BCUT2D eigenvalue weighted by molar-refractivity contribution is -0.134. The molecule has 1 atom stereocenters. The first-order valence-electron chi connectivity index (χ1n) is 8.99. The summed E-state index contributed by atoms with van der Waals surface area (Å²) in [6, 6.07) is 9.27. The number of hydrogen-bond donors (Lipinski definition) is 1. The van der Waals surface area contributed by atoms with Gasteiger partial charge >= 0.3 is 6.09 Å². The van der Waals surface area contributed by atoms with E-state index in [-0.39, 0.29) is 17.4 Å². The molecule has 136 valence electrons. The third-order valence-electron chi connectivity index (χ3n) is 5.43. The summed E-state index contributed by atoms with van der Waals surface area (Å²) in [5.74, 6) is 0.0203. The Kier molecular flexibility index (Phi) is 5.27. The number of nitrogens with zero attached hydrogens (tertiary/aromatic N) is 2. The number of rotatable bonds is 3. The molecule has 1 aromatic rings. The largest absolute Gasteiger partial charge is 0.445 e. The van der Waals surface area contributed by atoms with Crippen LogP contribution in [-0.2, 0) is 16.1 Å². The first kappa shape index (κ1) is 17.7. The molecule has 6 nitrogen and oxygen atoms in total. The first-order chi connectivity index (χ1) is 12.0. The van der Waals surface area contributed by atoms with E-state index >= 15 is 0 Å². The van der Waals surface area contributed by atoms with Gasteiger partial charge < -0.3 is 20.3 Å². The van der Waals surface area contributed by atoms with Gasteiger partial charge in [0.25, 0.3) is 0 Å². The second-order valence-electron chi connectivity index (χ2n) is 7.33. The highest BCUT2D eigenvalue weighted by molar-refractivity contribution is 5.81. The van der Waals surface area contributed by atoms with Crippen LogP contribution in [0.5, 0.6) is 0 Å². The highest BCUT2D eigenvalue weighted by atomic mass is 16.6. The minimum atomic E-state index is -0.443. The third kappa shape index (κ3) is 4.12. The van der Waals surface area contributed by atoms with Crippen LogP contribution in [0.4, 0.5) is 4.79 Å². The lowest BCUT2D eigenvalue weighted by Gasteiger charge is -2.39. The van der Waals surface area contributed by atoms with Gasteiger partial charge in [0.05, 0.1) is 6.04 Å². The number of hydrogen-bond acceptors (Lipinski definition) is 4. The Morgan fingerprint density at radius 1 is 1.12 bits per heavy atom. The summed E-state index contributed by atoms with van der Waals surface area (Å²) < 4.78 is 5.44. The van der Waals surface area contributed by atoms with Crippen molar-refractivity contribution in [3.8, 4) is 0 Å². The van der Waals surface area contributed by atoms with Gasteiger partial charge in [-0.3, -0.25) is 4.79 Å². The molecule has 0 saturated carbocycles. The molecule has 2 N–H and O–H groups in total. The molecule has 0 radical (unpaired) electrons. The number of benzene rings is 1. The summed E-state index contributed by atoms with van der Waals surface area (Å²) in [4.78, 5) is 28.0. The summed E-state index contributed by atoms with van der Waals surface area (Å²) >= 11 is 0. The minimum Gasteiger partial charge on any atom is -0.445 e. The van der Waals surface area contributed by atoms with Crippen molar-refractivity contribution < 1.29 is 14.3 Å². The van der Waals surface area contributed by atoms with E-state index in [0.29, 0.717) is 6.61 Å². The van der Waals surface area contributed by atoms with Gasteiger partial charge in [-0.05, 0) is 37.2 Å². The molecule has 0 aliphatic carbocycles. The van der Waals surface area contributed by atoms with E-state index in [2.05, 4.69) is 0 Å². The Morgan fingerprint density at radius 3 is 2.32 bits per heavy atom. The molecular formula is C19H27N3O3. The van der Waals surface area contributed by atoms with Gasteiger partial charge in [-0.1, -0.05) is 30.3 Å². The van der Waals surface area contributed by atoms with Gasteiger partial charge in [-0.15, -0.1) is 0 Å². The maximum Gasteiger partial charge on any atom is 0.410 e. The Morgan fingerprint density at radius 2 is 1.72 bits per heavy atom. The van der Waals surface area contributed by atoms with Crippen molar-refractivity contribution in [2.24, 2.45) is 11.1 Å². The predicted molar refractivity (Wildman–Crippen MR) is 94.7 cm³/mol. The first-order valence-corrected chi connectivity index (χ1v) is 8.99. The molecule has 1 spiro atoms. The molecule has 2 amide bonds. The average Bonchev–Trinajstić information content (AvgIpc) is 3.04. The molecule has 0 unspecified atom stereocenters. The Labute approximate surface area is 148 Å². The SMILES string of the molecule is C[C@@H](N)C(=O)N1CCC2(CCN(C(=O)OCc3ccccc3)C2)CC1. The minimum absolute atomic E-state index is 0.0203. The van der Waals surface area contributed by atoms with E-state index in [0.717, 1.165) is 51.0 Å². The van der Waals surface area contributed by atoms with E-state index in [1.165, 1.54) is 0 Å².